The van der Waals surface area contributed by atoms with Crippen LogP contribution in [0.4, 0.5) is 5.69 Å². The molecular weight excluding hydrogens is 402 g/mol. The topological polar surface area (TPSA) is 93.5 Å². The fourth-order valence-electron chi connectivity index (χ4n) is 2.92. The van der Waals surface area contributed by atoms with Crippen molar-refractivity contribution in [1.29, 1.82) is 0 Å². The van der Waals surface area contributed by atoms with Crippen LogP contribution in [0.5, 0.6) is 0 Å². The van der Waals surface area contributed by atoms with Crippen molar-refractivity contribution in [3.63, 3.8) is 0 Å². The number of nitro groups is 1. The third-order valence-electron chi connectivity index (χ3n) is 4.27. The Kier molecular flexibility index (Phi) is 5.91. The Morgan fingerprint density at radius 3 is 2.68 bits per heavy atom. The number of benzene rings is 2. The van der Waals surface area contributed by atoms with Crippen LogP contribution in [0.25, 0.3) is 0 Å². The van der Waals surface area contributed by atoms with Crippen LogP contribution in [-0.4, -0.2) is 16.0 Å². The van der Waals surface area contributed by atoms with Gasteiger partial charge < -0.3 is 15.4 Å². The first-order valence-electron chi connectivity index (χ1n) is 8.27. The highest BCUT2D eigenvalue weighted by Crippen LogP contribution is 2.34. The zero-order valence-electron chi connectivity index (χ0n) is 14.6. The number of carbonyl (C=O) groups excluding carboxylic acids is 1. The average Bonchev–Trinajstić information content (AvgIpc) is 2.66. The molecule has 1 aliphatic rings. The van der Waals surface area contributed by atoms with Crippen LogP contribution < -0.4 is 10.6 Å². The van der Waals surface area contributed by atoms with Gasteiger partial charge in [0.25, 0.3) is 5.69 Å². The van der Waals surface area contributed by atoms with Gasteiger partial charge in [0, 0.05) is 11.8 Å². The number of halogens is 1. The highest BCUT2D eigenvalue weighted by Gasteiger charge is 2.38. The number of carbonyl (C=O) groups is 1. The zero-order valence-corrected chi connectivity index (χ0v) is 16.1. The Hall–Kier alpha value is -2.97. The van der Waals surface area contributed by atoms with Crippen molar-refractivity contribution in [1.82, 2.24) is 10.6 Å². The summed E-state index contributed by atoms with van der Waals surface area (Å²) in [4.78, 5) is 23.4. The maximum atomic E-state index is 12.8. The van der Waals surface area contributed by atoms with Crippen molar-refractivity contribution < 1.29 is 14.5 Å². The molecule has 7 nitrogen and oxygen atoms in total. The van der Waals surface area contributed by atoms with E-state index in [1.165, 1.54) is 12.1 Å². The minimum Gasteiger partial charge on any atom is -0.460 e. The summed E-state index contributed by atoms with van der Waals surface area (Å²) in [5.74, 6) is -1.37. The molecule has 144 valence electrons. The number of nitrogens with one attached hydrogen (secondary N) is 2. The molecule has 1 aliphatic heterocycles. The Labute approximate surface area is 171 Å². The zero-order chi connectivity index (χ0) is 20.3. The molecule has 0 aliphatic carbocycles. The molecule has 2 aromatic rings. The summed E-state index contributed by atoms with van der Waals surface area (Å²) < 4.78 is 5.44. The molecule has 0 radical (unpaired) electrons. The van der Waals surface area contributed by atoms with Crippen LogP contribution in [0, 0.1) is 16.0 Å². The predicted molar refractivity (Wildman–Crippen MR) is 109 cm³/mol. The Morgan fingerprint density at radius 2 is 2.00 bits per heavy atom. The van der Waals surface area contributed by atoms with Gasteiger partial charge >= 0.3 is 5.97 Å². The molecule has 9 heteroatoms. The molecule has 0 bridgehead atoms. The number of ether oxygens (including phenoxy) is 1. The fraction of sp³-hybridized carbons (Fsp3) is 0.158. The smallest absolute Gasteiger partial charge is 0.317 e. The van der Waals surface area contributed by atoms with E-state index >= 15 is 0 Å². The number of esters is 1. The molecule has 28 heavy (non-hydrogen) atoms. The highest BCUT2D eigenvalue weighted by atomic mass is 35.5. The number of hydrogen-bond acceptors (Lipinski definition) is 5. The van der Waals surface area contributed by atoms with E-state index in [9.17, 15) is 14.9 Å². The van der Waals surface area contributed by atoms with Gasteiger partial charge in [0.05, 0.1) is 11.0 Å². The van der Waals surface area contributed by atoms with Gasteiger partial charge in [-0.05, 0) is 29.4 Å². The van der Waals surface area contributed by atoms with Gasteiger partial charge in [-0.1, -0.05) is 54.6 Å². The standard InChI is InChI=1S/C19H16ClN3O4S/c1-11-16(18(24)27-10-12-5-3-2-4-6-12)17(22-19(28)21-11)13-7-8-14(20)15(9-13)23(25)26/h2-9,16-17H,1,10H2,(H2,21,22,28)/t16-,17+/m0/s1. The molecule has 0 saturated carbocycles. The van der Waals surface area contributed by atoms with Gasteiger partial charge in [-0.2, -0.15) is 0 Å². The van der Waals surface area contributed by atoms with Crippen molar-refractivity contribution in [2.75, 3.05) is 0 Å². The van der Waals surface area contributed by atoms with Crippen molar-refractivity contribution >= 4 is 40.6 Å². The molecule has 1 fully saturated rings. The van der Waals surface area contributed by atoms with Crippen LogP contribution in [0.3, 0.4) is 0 Å². The second-order valence-corrected chi connectivity index (χ2v) is 6.96. The lowest BCUT2D eigenvalue weighted by Crippen LogP contribution is -2.50. The molecule has 0 amide bonds. The minimum atomic E-state index is -0.837. The fourth-order valence-corrected chi connectivity index (χ4v) is 3.37. The van der Waals surface area contributed by atoms with Crippen LogP contribution >= 0.6 is 23.8 Å². The Bertz CT molecular complexity index is 951. The highest BCUT2D eigenvalue weighted by molar-refractivity contribution is 7.80. The second kappa shape index (κ2) is 8.37. The maximum absolute atomic E-state index is 12.8. The third-order valence-corrected chi connectivity index (χ3v) is 4.81. The summed E-state index contributed by atoms with van der Waals surface area (Å²) in [6.45, 7) is 3.97. The first-order chi connectivity index (χ1) is 13.4. The van der Waals surface area contributed by atoms with E-state index in [2.05, 4.69) is 17.2 Å². The molecule has 0 unspecified atom stereocenters. The largest absolute Gasteiger partial charge is 0.460 e. The lowest BCUT2D eigenvalue weighted by atomic mass is 9.89. The first-order valence-corrected chi connectivity index (χ1v) is 9.06. The van der Waals surface area contributed by atoms with E-state index in [1.54, 1.807) is 6.07 Å². The average molecular weight is 418 g/mol. The summed E-state index contributed by atoms with van der Waals surface area (Å²) in [6.07, 6.45) is 0. The SMILES string of the molecule is C=C1NC(=S)N[C@H](c2ccc(Cl)c([N+](=O)[O-])c2)[C@H]1C(=O)OCc1ccccc1. The number of thiocarbonyl (C=S) groups is 1. The maximum Gasteiger partial charge on any atom is 0.317 e. The summed E-state index contributed by atoms with van der Waals surface area (Å²) in [5.41, 5.74) is 1.41. The molecule has 1 saturated heterocycles. The van der Waals surface area contributed by atoms with Crippen molar-refractivity contribution in [2.24, 2.45) is 5.92 Å². The van der Waals surface area contributed by atoms with Gasteiger partial charge in [0.2, 0.25) is 0 Å². The monoisotopic (exact) mass is 417 g/mol. The Morgan fingerprint density at radius 1 is 1.29 bits per heavy atom. The van der Waals surface area contributed by atoms with Crippen LogP contribution in [0.2, 0.25) is 5.02 Å². The molecule has 0 aromatic heterocycles. The second-order valence-electron chi connectivity index (χ2n) is 6.14. The van der Waals surface area contributed by atoms with Gasteiger partial charge in [0.1, 0.15) is 17.5 Å². The first kappa shape index (κ1) is 19.8. The molecular formula is C19H16ClN3O4S. The quantitative estimate of drug-likeness (QED) is 0.332. The van der Waals surface area contributed by atoms with Gasteiger partial charge in [-0.3, -0.25) is 14.9 Å². The lowest BCUT2D eigenvalue weighted by molar-refractivity contribution is -0.384. The van der Waals surface area contributed by atoms with Gasteiger partial charge in [-0.15, -0.1) is 0 Å². The number of nitro benzene ring substituents is 1. The summed E-state index contributed by atoms with van der Waals surface area (Å²) >= 11 is 11.1. The molecule has 2 aromatic carbocycles. The summed E-state index contributed by atoms with van der Waals surface area (Å²) in [5, 5.41) is 17.3. The van der Waals surface area contributed by atoms with E-state index in [4.69, 9.17) is 28.6 Å². The molecule has 3 rings (SSSR count). The van der Waals surface area contributed by atoms with Crippen LogP contribution in [0.1, 0.15) is 17.2 Å². The molecule has 2 atom stereocenters. The summed E-state index contributed by atoms with van der Waals surface area (Å²) in [6, 6.07) is 12.9. The Balaban J connectivity index is 1.87. The van der Waals surface area contributed by atoms with Crippen LogP contribution in [-0.2, 0) is 16.1 Å². The van der Waals surface area contributed by atoms with E-state index < -0.39 is 22.9 Å². The molecule has 1 heterocycles. The molecule has 0 spiro atoms. The van der Waals surface area contributed by atoms with Crippen molar-refractivity contribution in [3.05, 3.63) is 87.1 Å². The minimum absolute atomic E-state index is 0.00675. The number of rotatable bonds is 5. The van der Waals surface area contributed by atoms with E-state index in [0.29, 0.717) is 11.3 Å². The lowest BCUT2D eigenvalue weighted by Gasteiger charge is -2.34. The van der Waals surface area contributed by atoms with Crippen molar-refractivity contribution in [3.8, 4) is 0 Å². The summed E-state index contributed by atoms with van der Waals surface area (Å²) in [7, 11) is 0. The van der Waals surface area contributed by atoms with Crippen LogP contribution in [0.15, 0.2) is 60.8 Å². The van der Waals surface area contributed by atoms with Gasteiger partial charge in [0.15, 0.2) is 5.11 Å². The third kappa shape index (κ3) is 4.29. The van der Waals surface area contributed by atoms with Gasteiger partial charge in [-0.25, -0.2) is 0 Å². The van der Waals surface area contributed by atoms with E-state index in [0.717, 1.165) is 5.56 Å². The molecule has 2 N–H and O–H groups in total. The number of hydrogen-bond donors (Lipinski definition) is 2. The normalized spacial score (nSPS) is 18.8. The van der Waals surface area contributed by atoms with E-state index in [-0.39, 0.29) is 22.4 Å². The van der Waals surface area contributed by atoms with E-state index in [1.807, 2.05) is 30.3 Å². The number of nitrogens with zero attached hydrogens (tertiary/aromatic N) is 1. The van der Waals surface area contributed by atoms with Crippen molar-refractivity contribution in [2.45, 2.75) is 12.6 Å². The predicted octanol–water partition coefficient (Wildman–Crippen LogP) is 3.64.